The summed E-state index contributed by atoms with van der Waals surface area (Å²) >= 11 is 4.77. The Balaban J connectivity index is 1.48. The first kappa shape index (κ1) is 29.6. The highest BCUT2D eigenvalue weighted by Gasteiger charge is 2.29. The molecule has 0 atom stereocenters. The number of ether oxygens (including phenoxy) is 1. The lowest BCUT2D eigenvalue weighted by molar-refractivity contribution is -0.117. The average Bonchev–Trinajstić information content (AvgIpc) is 2.95. The maximum Gasteiger partial charge on any atom is 0.487 e. The molecule has 3 aromatic carbocycles. The number of fused-ring (bicyclic) bond motifs is 1. The Morgan fingerprint density at radius 2 is 1.69 bits per heavy atom. The van der Waals surface area contributed by atoms with Crippen LogP contribution in [0.1, 0.15) is 24.8 Å². The van der Waals surface area contributed by atoms with Crippen molar-refractivity contribution in [2.45, 2.75) is 43.2 Å². The van der Waals surface area contributed by atoms with E-state index < -0.39 is 33.6 Å². The summed E-state index contributed by atoms with van der Waals surface area (Å²) < 4.78 is 59.5. The molecule has 1 amide bonds. The molecule has 1 saturated heterocycles. The van der Waals surface area contributed by atoms with Crippen molar-refractivity contribution in [3.8, 4) is 17.0 Å². The van der Waals surface area contributed by atoms with Crippen molar-refractivity contribution in [2.75, 3.05) is 18.4 Å². The number of carbonyl (C=O) groups is 1. The lowest BCUT2D eigenvalue weighted by atomic mass is 10.0. The van der Waals surface area contributed by atoms with Gasteiger partial charge in [0, 0.05) is 41.3 Å². The summed E-state index contributed by atoms with van der Waals surface area (Å²) in [7, 11) is -3.75. The van der Waals surface area contributed by atoms with E-state index in [0.29, 0.717) is 40.7 Å². The van der Waals surface area contributed by atoms with Gasteiger partial charge in [-0.1, -0.05) is 36.8 Å². The fraction of sp³-hybridized carbons (Fsp3) is 0.276. The number of nitrogens with one attached hydrogen (secondary N) is 1. The van der Waals surface area contributed by atoms with E-state index in [0.717, 1.165) is 23.9 Å². The fourth-order valence-electron chi connectivity index (χ4n) is 4.90. The molecule has 0 unspecified atom stereocenters. The van der Waals surface area contributed by atoms with Crippen molar-refractivity contribution >= 4 is 44.0 Å². The highest BCUT2D eigenvalue weighted by atomic mass is 35.5. The van der Waals surface area contributed by atoms with Crippen LogP contribution in [0.25, 0.3) is 22.0 Å². The number of alkyl halides is 3. The number of aromatic nitrogens is 2. The number of benzene rings is 3. The zero-order valence-electron chi connectivity index (χ0n) is 22.5. The van der Waals surface area contributed by atoms with E-state index >= 15 is 0 Å². The minimum Gasteiger partial charge on any atom is -0.420 e. The van der Waals surface area contributed by atoms with Gasteiger partial charge in [0.15, 0.2) is 0 Å². The highest BCUT2D eigenvalue weighted by molar-refractivity contribution is 7.89. The number of rotatable bonds is 8. The van der Waals surface area contributed by atoms with E-state index in [1.165, 1.54) is 28.6 Å². The molecule has 4 aromatic rings. The number of carbonyl (C=O) groups excluding carboxylic acids is 1. The van der Waals surface area contributed by atoms with Crippen LogP contribution in [0, 0.1) is 6.92 Å². The first-order valence-electron chi connectivity index (χ1n) is 13.2. The normalized spacial score (nSPS) is 14.6. The van der Waals surface area contributed by atoms with Gasteiger partial charge in [0.05, 0.1) is 16.0 Å². The Morgan fingerprint density at radius 1 is 1.02 bits per heavy atom. The van der Waals surface area contributed by atoms with Gasteiger partial charge in [-0.05, 0) is 61.7 Å². The van der Waals surface area contributed by atoms with E-state index in [1.807, 2.05) is 0 Å². The molecule has 1 aliphatic rings. The molecule has 1 aliphatic heterocycles. The van der Waals surface area contributed by atoms with Crippen molar-refractivity contribution in [3.63, 3.8) is 0 Å². The molecular weight excluding hydrogens is 590 g/mol. The van der Waals surface area contributed by atoms with Gasteiger partial charge >= 0.3 is 5.57 Å². The summed E-state index contributed by atoms with van der Waals surface area (Å²) in [5, 5.41) is 7.89. The van der Waals surface area contributed by atoms with E-state index in [2.05, 4.69) is 15.2 Å². The van der Waals surface area contributed by atoms with Gasteiger partial charge in [-0.2, -0.15) is 9.40 Å². The number of hydrogen-bond donors (Lipinski definition) is 1. The predicted molar refractivity (Wildman–Crippen MR) is 155 cm³/mol. The second-order valence-corrected chi connectivity index (χ2v) is 12.3. The molecule has 1 N–H and O–H groups in total. The van der Waals surface area contributed by atoms with Gasteiger partial charge < -0.3 is 10.1 Å². The van der Waals surface area contributed by atoms with Crippen LogP contribution in [-0.4, -0.2) is 47.1 Å². The highest BCUT2D eigenvalue weighted by Crippen LogP contribution is 2.31. The molecule has 0 spiro atoms. The average molecular weight is 617 g/mol. The Bertz CT molecular complexity index is 1800. The third-order valence-corrected chi connectivity index (χ3v) is 9.04. The van der Waals surface area contributed by atoms with Crippen molar-refractivity contribution in [1.29, 1.82) is 0 Å². The second kappa shape index (κ2) is 11.8. The summed E-state index contributed by atoms with van der Waals surface area (Å²) in [5.74, 6) is -0.802. The van der Waals surface area contributed by atoms with Gasteiger partial charge in [-0.25, -0.2) is 13.1 Å². The molecule has 9 nitrogen and oxygen atoms in total. The Morgan fingerprint density at radius 3 is 2.36 bits per heavy atom. The summed E-state index contributed by atoms with van der Waals surface area (Å²) in [4.78, 5) is 26.3. The lowest BCUT2D eigenvalue weighted by Gasteiger charge is -2.26. The van der Waals surface area contributed by atoms with Crippen molar-refractivity contribution < 1.29 is 26.7 Å². The van der Waals surface area contributed by atoms with Crippen LogP contribution in [-0.2, 0) is 21.4 Å². The monoisotopic (exact) mass is 616 g/mol. The van der Waals surface area contributed by atoms with Crippen LogP contribution < -0.4 is 15.6 Å². The summed E-state index contributed by atoms with van der Waals surface area (Å²) in [6, 6.07) is 16.9. The third kappa shape index (κ3) is 6.45. The minimum atomic E-state index is -3.87. The maximum absolute atomic E-state index is 13.5. The van der Waals surface area contributed by atoms with Gasteiger partial charge in [0.25, 0.3) is 5.56 Å². The zero-order valence-corrected chi connectivity index (χ0v) is 24.1. The summed E-state index contributed by atoms with van der Waals surface area (Å²) in [5.41, 5.74) is -2.70. The van der Waals surface area contributed by atoms with E-state index in [4.69, 9.17) is 11.6 Å². The number of hydrogen-bond acceptors (Lipinski definition) is 6. The zero-order chi connectivity index (χ0) is 30.1. The van der Waals surface area contributed by atoms with Crippen LogP contribution in [0.5, 0.6) is 5.75 Å². The van der Waals surface area contributed by atoms with Crippen LogP contribution in [0.2, 0.25) is 0 Å². The Kier molecular flexibility index (Phi) is 8.31. The van der Waals surface area contributed by atoms with E-state index in [1.54, 1.807) is 49.4 Å². The maximum atomic E-state index is 13.5. The van der Waals surface area contributed by atoms with E-state index in [-0.39, 0.29) is 16.3 Å². The molecule has 42 heavy (non-hydrogen) atoms. The molecule has 1 fully saturated rings. The number of amides is 1. The summed E-state index contributed by atoms with van der Waals surface area (Å²) in [6.07, 6.45) is 2.60. The number of piperidine rings is 1. The minimum absolute atomic E-state index is 0.169. The van der Waals surface area contributed by atoms with Crippen LogP contribution in [0.15, 0.2) is 76.4 Å². The smallest absolute Gasteiger partial charge is 0.420 e. The van der Waals surface area contributed by atoms with Crippen molar-refractivity contribution in [1.82, 2.24) is 14.1 Å². The molecule has 0 bridgehead atoms. The molecule has 220 valence electrons. The standard InChI is InChI=1S/C29H27ClF2N4O5S/c1-19-9-10-20(17-25(19)42(39,40)35-15-5-2-6-16-35)27-23-7-3-4-8-24(23)28(38)36(34-27)18-26(37)33-21-11-13-22(14-12-21)41-29(30,31)32/h3-4,7-14,17H,2,5-6,15-16,18H2,1H3,(H,33,37). The van der Waals surface area contributed by atoms with Crippen molar-refractivity contribution in [2.24, 2.45) is 0 Å². The number of aryl methyl sites for hydroxylation is 1. The van der Waals surface area contributed by atoms with Crippen molar-refractivity contribution in [3.05, 3.63) is 82.6 Å². The van der Waals surface area contributed by atoms with E-state index in [9.17, 15) is 26.8 Å². The van der Waals surface area contributed by atoms with Crippen LogP contribution in [0.4, 0.5) is 14.5 Å². The first-order valence-corrected chi connectivity index (χ1v) is 15.0. The quantitative estimate of drug-likeness (QED) is 0.267. The van der Waals surface area contributed by atoms with Gasteiger partial charge in [0.2, 0.25) is 15.9 Å². The molecular formula is C29H27ClF2N4O5S. The first-order chi connectivity index (χ1) is 19.9. The molecule has 0 aliphatic carbocycles. The number of halogens is 3. The molecule has 1 aromatic heterocycles. The topological polar surface area (TPSA) is 111 Å². The van der Waals surface area contributed by atoms with Crippen LogP contribution in [0.3, 0.4) is 0 Å². The SMILES string of the molecule is Cc1ccc(-c2nn(CC(=O)Nc3ccc(OC(F)(F)Cl)cc3)c(=O)c3ccccc23)cc1S(=O)(=O)N1CCCCC1. The molecule has 2 heterocycles. The molecule has 0 radical (unpaired) electrons. The fourth-order valence-corrected chi connectivity index (χ4v) is 6.76. The van der Waals surface area contributed by atoms with Gasteiger partial charge in [-0.3, -0.25) is 9.59 Å². The summed E-state index contributed by atoms with van der Waals surface area (Å²) in [6.45, 7) is 2.20. The second-order valence-electron chi connectivity index (χ2n) is 9.92. The molecule has 5 rings (SSSR count). The van der Waals surface area contributed by atoms with Gasteiger partial charge in [-0.15, -0.1) is 8.78 Å². The number of nitrogens with zero attached hydrogens (tertiary/aromatic N) is 3. The van der Waals surface area contributed by atoms with Gasteiger partial charge in [0.1, 0.15) is 12.3 Å². The Labute approximate surface area is 245 Å². The van der Waals surface area contributed by atoms with Crippen LogP contribution >= 0.6 is 11.6 Å². The number of anilines is 1. The predicted octanol–water partition coefficient (Wildman–Crippen LogP) is 5.35. The lowest BCUT2D eigenvalue weighted by Crippen LogP contribution is -2.36. The molecule has 0 saturated carbocycles. The third-order valence-electron chi connectivity index (χ3n) is 6.93. The Hall–Kier alpha value is -3.87. The molecule has 13 heteroatoms. The largest absolute Gasteiger partial charge is 0.487 e. The number of sulfonamides is 1.